The molecular formula is C12H22N2O2. The van der Waals surface area contributed by atoms with Crippen LogP contribution in [0.2, 0.25) is 0 Å². The molecular weight excluding hydrogens is 204 g/mol. The summed E-state index contributed by atoms with van der Waals surface area (Å²) < 4.78 is 4.94. The minimum absolute atomic E-state index is 0.241. The summed E-state index contributed by atoms with van der Waals surface area (Å²) in [4.78, 5) is 13.9. The van der Waals surface area contributed by atoms with Gasteiger partial charge in [-0.25, -0.2) is 0 Å². The fraction of sp³-hybridized carbons (Fsp3) is 0.917. The van der Waals surface area contributed by atoms with Crippen LogP contribution in [0, 0.1) is 11.8 Å². The van der Waals surface area contributed by atoms with Crippen molar-refractivity contribution in [1.29, 1.82) is 0 Å². The predicted octanol–water partition coefficient (Wildman–Crippen LogP) is 0.609. The number of ether oxygens (including phenoxy) is 1. The maximum Gasteiger partial charge on any atom is 0.224 e. The quantitative estimate of drug-likeness (QED) is 0.767. The Balaban J connectivity index is 1.84. The van der Waals surface area contributed by atoms with Crippen LogP contribution < -0.4 is 5.73 Å². The van der Waals surface area contributed by atoms with Gasteiger partial charge < -0.3 is 15.4 Å². The maximum atomic E-state index is 11.8. The van der Waals surface area contributed by atoms with E-state index in [0.717, 1.165) is 25.9 Å². The van der Waals surface area contributed by atoms with E-state index in [9.17, 15) is 4.79 Å². The highest BCUT2D eigenvalue weighted by molar-refractivity contribution is 5.76. The average molecular weight is 226 g/mol. The van der Waals surface area contributed by atoms with Gasteiger partial charge in [-0.15, -0.1) is 0 Å². The summed E-state index contributed by atoms with van der Waals surface area (Å²) in [5.41, 5.74) is 5.97. The molecule has 1 aliphatic heterocycles. The first-order valence-corrected chi connectivity index (χ1v) is 6.23. The van der Waals surface area contributed by atoms with Crippen LogP contribution in [-0.2, 0) is 9.53 Å². The molecule has 1 unspecified atom stereocenters. The molecule has 2 rings (SSSR count). The fourth-order valence-corrected chi connectivity index (χ4v) is 3.02. The Labute approximate surface area is 97.1 Å². The zero-order valence-electron chi connectivity index (χ0n) is 10.0. The Kier molecular flexibility index (Phi) is 3.82. The lowest BCUT2D eigenvalue weighted by molar-refractivity contribution is -0.131. The number of methoxy groups -OCH3 is 1. The number of carbonyl (C=O) groups excluding carboxylic acids is 1. The molecule has 92 valence electrons. The van der Waals surface area contributed by atoms with Gasteiger partial charge in [0, 0.05) is 26.2 Å². The van der Waals surface area contributed by atoms with Gasteiger partial charge in [0.2, 0.25) is 5.91 Å². The Morgan fingerprint density at radius 1 is 1.38 bits per heavy atom. The van der Waals surface area contributed by atoms with E-state index in [1.165, 1.54) is 6.42 Å². The van der Waals surface area contributed by atoms with Gasteiger partial charge in [-0.3, -0.25) is 4.79 Å². The summed E-state index contributed by atoms with van der Waals surface area (Å²) in [6, 6.07) is 0.357. The van der Waals surface area contributed by atoms with Crippen LogP contribution >= 0.6 is 0 Å². The molecule has 0 bridgehead atoms. The molecule has 2 aliphatic rings. The Bertz CT molecular complexity index is 257. The zero-order valence-corrected chi connectivity index (χ0v) is 10.0. The first kappa shape index (κ1) is 11.9. The summed E-state index contributed by atoms with van der Waals surface area (Å²) in [6.07, 6.45) is 3.93. The van der Waals surface area contributed by atoms with Crippen LogP contribution in [0.25, 0.3) is 0 Å². The lowest BCUT2D eigenvalue weighted by atomic mass is 9.79. The third-order valence-electron chi connectivity index (χ3n) is 3.96. The topological polar surface area (TPSA) is 55.6 Å². The minimum atomic E-state index is 0.241. The molecule has 16 heavy (non-hydrogen) atoms. The summed E-state index contributed by atoms with van der Waals surface area (Å²) in [6.45, 7) is 2.39. The standard InChI is InChI=1S/C12H22N2O2/c1-16-5-4-12(15)14-7-9-2-3-11(13)6-10(9)8-14/h9-11H,2-8,13H2,1H3/t9-,10+,11?/m1/s1. The molecule has 0 aromatic heterocycles. The van der Waals surface area contributed by atoms with Crippen molar-refractivity contribution in [2.45, 2.75) is 31.7 Å². The second-order valence-electron chi connectivity index (χ2n) is 5.13. The van der Waals surface area contributed by atoms with Crippen molar-refractivity contribution in [2.75, 3.05) is 26.8 Å². The molecule has 4 heteroatoms. The molecule has 3 atom stereocenters. The number of likely N-dealkylation sites (tertiary alicyclic amines) is 1. The van der Waals surface area contributed by atoms with Crippen LogP contribution in [0.15, 0.2) is 0 Å². The van der Waals surface area contributed by atoms with Crippen LogP contribution in [0.3, 0.4) is 0 Å². The Morgan fingerprint density at radius 2 is 2.12 bits per heavy atom. The minimum Gasteiger partial charge on any atom is -0.384 e. The van der Waals surface area contributed by atoms with Gasteiger partial charge in [0.15, 0.2) is 0 Å². The predicted molar refractivity (Wildman–Crippen MR) is 61.9 cm³/mol. The molecule has 4 nitrogen and oxygen atoms in total. The molecule has 1 amide bonds. The largest absolute Gasteiger partial charge is 0.384 e. The Hall–Kier alpha value is -0.610. The van der Waals surface area contributed by atoms with Crippen LogP contribution in [0.5, 0.6) is 0 Å². The van der Waals surface area contributed by atoms with E-state index in [1.807, 2.05) is 4.90 Å². The van der Waals surface area contributed by atoms with Crippen LogP contribution in [-0.4, -0.2) is 43.7 Å². The van der Waals surface area contributed by atoms with E-state index in [-0.39, 0.29) is 5.91 Å². The lowest BCUT2D eigenvalue weighted by Crippen LogP contribution is -2.32. The van der Waals surface area contributed by atoms with E-state index in [4.69, 9.17) is 10.5 Å². The van der Waals surface area contributed by atoms with E-state index in [2.05, 4.69) is 0 Å². The van der Waals surface area contributed by atoms with Gasteiger partial charge in [-0.2, -0.15) is 0 Å². The highest BCUT2D eigenvalue weighted by Gasteiger charge is 2.38. The first-order valence-electron chi connectivity index (χ1n) is 6.23. The Morgan fingerprint density at radius 3 is 2.88 bits per heavy atom. The van der Waals surface area contributed by atoms with Gasteiger partial charge in [0.05, 0.1) is 13.0 Å². The number of amides is 1. The molecule has 1 heterocycles. The van der Waals surface area contributed by atoms with Gasteiger partial charge in [-0.1, -0.05) is 0 Å². The molecule has 1 saturated heterocycles. The van der Waals surface area contributed by atoms with Crippen molar-refractivity contribution in [3.63, 3.8) is 0 Å². The van der Waals surface area contributed by atoms with E-state index in [1.54, 1.807) is 7.11 Å². The summed E-state index contributed by atoms with van der Waals surface area (Å²) in [5.74, 6) is 1.59. The lowest BCUT2D eigenvalue weighted by Gasteiger charge is -2.27. The number of hydrogen-bond donors (Lipinski definition) is 1. The average Bonchev–Trinajstić information content (AvgIpc) is 2.68. The number of nitrogens with zero attached hydrogens (tertiary/aromatic N) is 1. The van der Waals surface area contributed by atoms with Crippen molar-refractivity contribution in [3.8, 4) is 0 Å². The fourth-order valence-electron chi connectivity index (χ4n) is 3.02. The maximum absolute atomic E-state index is 11.8. The molecule has 0 radical (unpaired) electrons. The van der Waals surface area contributed by atoms with Gasteiger partial charge in [0.25, 0.3) is 0 Å². The smallest absolute Gasteiger partial charge is 0.224 e. The summed E-state index contributed by atoms with van der Waals surface area (Å²) >= 11 is 0. The van der Waals surface area contributed by atoms with Crippen molar-refractivity contribution in [1.82, 2.24) is 4.90 Å². The first-order chi connectivity index (χ1) is 7.70. The monoisotopic (exact) mass is 226 g/mol. The SMILES string of the molecule is COCCC(=O)N1C[C@H]2CCC(N)C[C@H]2C1. The summed E-state index contributed by atoms with van der Waals surface area (Å²) in [7, 11) is 1.63. The number of rotatable bonds is 3. The number of hydrogen-bond acceptors (Lipinski definition) is 3. The van der Waals surface area contributed by atoms with E-state index >= 15 is 0 Å². The van der Waals surface area contributed by atoms with E-state index in [0.29, 0.717) is 30.9 Å². The normalized spacial score (nSPS) is 33.9. The molecule has 1 saturated carbocycles. The third-order valence-corrected chi connectivity index (χ3v) is 3.96. The third kappa shape index (κ3) is 2.55. The van der Waals surface area contributed by atoms with E-state index < -0.39 is 0 Å². The van der Waals surface area contributed by atoms with Crippen LogP contribution in [0.1, 0.15) is 25.7 Å². The molecule has 2 fully saturated rings. The molecule has 2 N–H and O–H groups in total. The highest BCUT2D eigenvalue weighted by atomic mass is 16.5. The molecule has 0 spiro atoms. The zero-order chi connectivity index (χ0) is 11.5. The van der Waals surface area contributed by atoms with Gasteiger partial charge in [-0.05, 0) is 31.1 Å². The van der Waals surface area contributed by atoms with Crippen molar-refractivity contribution in [2.24, 2.45) is 17.6 Å². The summed E-state index contributed by atoms with van der Waals surface area (Å²) in [5, 5.41) is 0. The van der Waals surface area contributed by atoms with Crippen LogP contribution in [0.4, 0.5) is 0 Å². The number of fused-ring (bicyclic) bond motifs is 1. The second-order valence-corrected chi connectivity index (χ2v) is 5.13. The van der Waals surface area contributed by atoms with Crippen molar-refractivity contribution >= 4 is 5.91 Å². The molecule has 0 aromatic carbocycles. The number of carbonyl (C=O) groups is 1. The van der Waals surface area contributed by atoms with Crippen molar-refractivity contribution in [3.05, 3.63) is 0 Å². The van der Waals surface area contributed by atoms with Crippen molar-refractivity contribution < 1.29 is 9.53 Å². The second kappa shape index (κ2) is 5.15. The molecule has 0 aromatic rings. The molecule has 1 aliphatic carbocycles. The van der Waals surface area contributed by atoms with Gasteiger partial charge >= 0.3 is 0 Å². The number of nitrogens with two attached hydrogens (primary N) is 1. The highest BCUT2D eigenvalue weighted by Crippen LogP contribution is 2.35. The van der Waals surface area contributed by atoms with Gasteiger partial charge in [0.1, 0.15) is 0 Å².